The minimum Gasteiger partial charge on any atom is -0.328 e. The van der Waals surface area contributed by atoms with E-state index in [0.717, 1.165) is 6.42 Å². The predicted octanol–water partition coefficient (Wildman–Crippen LogP) is 3.49. The highest BCUT2D eigenvalue weighted by molar-refractivity contribution is 5.40. The minimum absolute atomic E-state index is 0.225. The molecule has 1 heteroatoms. The van der Waals surface area contributed by atoms with Gasteiger partial charge in [-0.15, -0.1) is 0 Å². The van der Waals surface area contributed by atoms with Crippen molar-refractivity contribution in [2.75, 3.05) is 0 Å². The van der Waals surface area contributed by atoms with Crippen molar-refractivity contribution in [1.29, 1.82) is 0 Å². The number of nitrogens with two attached hydrogens (primary N) is 1. The molecule has 0 aromatic heterocycles. The lowest BCUT2D eigenvalue weighted by atomic mass is 9.83. The molecular formula is C15H25N. The van der Waals surface area contributed by atoms with Crippen LogP contribution in [0.2, 0.25) is 0 Å². The van der Waals surface area contributed by atoms with Crippen molar-refractivity contribution < 1.29 is 0 Å². The zero-order chi connectivity index (χ0) is 12.5. The van der Waals surface area contributed by atoms with E-state index < -0.39 is 0 Å². The fourth-order valence-electron chi connectivity index (χ4n) is 2.07. The average molecular weight is 219 g/mol. The second-order valence-electron chi connectivity index (χ2n) is 6.02. The van der Waals surface area contributed by atoms with Crippen molar-refractivity contribution in [2.24, 2.45) is 5.73 Å². The van der Waals surface area contributed by atoms with E-state index in [4.69, 9.17) is 5.73 Å². The van der Waals surface area contributed by atoms with E-state index in [1.165, 1.54) is 22.3 Å². The monoisotopic (exact) mass is 219 g/mol. The highest BCUT2D eigenvalue weighted by Gasteiger charge is 2.16. The molecule has 1 unspecified atom stereocenters. The predicted molar refractivity (Wildman–Crippen MR) is 72.0 cm³/mol. The van der Waals surface area contributed by atoms with Gasteiger partial charge in [-0.1, -0.05) is 32.9 Å². The summed E-state index contributed by atoms with van der Waals surface area (Å²) in [6.45, 7) is 13.2. The first kappa shape index (κ1) is 13.2. The largest absolute Gasteiger partial charge is 0.328 e. The van der Waals surface area contributed by atoms with Gasteiger partial charge in [0.1, 0.15) is 0 Å². The van der Waals surface area contributed by atoms with Crippen molar-refractivity contribution in [3.63, 3.8) is 0 Å². The van der Waals surface area contributed by atoms with Crippen LogP contribution in [0.5, 0.6) is 0 Å². The van der Waals surface area contributed by atoms with Gasteiger partial charge in [0.15, 0.2) is 0 Å². The summed E-state index contributed by atoms with van der Waals surface area (Å²) in [7, 11) is 0. The summed E-state index contributed by atoms with van der Waals surface area (Å²) in [5.41, 5.74) is 11.7. The van der Waals surface area contributed by atoms with Crippen molar-refractivity contribution in [3.8, 4) is 0 Å². The molecule has 1 atom stereocenters. The van der Waals surface area contributed by atoms with Crippen LogP contribution in [0.4, 0.5) is 0 Å². The molecule has 0 amide bonds. The van der Waals surface area contributed by atoms with E-state index >= 15 is 0 Å². The van der Waals surface area contributed by atoms with Gasteiger partial charge < -0.3 is 5.73 Å². The van der Waals surface area contributed by atoms with E-state index in [1.54, 1.807) is 0 Å². The van der Waals surface area contributed by atoms with Crippen molar-refractivity contribution in [1.82, 2.24) is 0 Å². The molecule has 0 fully saturated rings. The Bertz CT molecular complexity index is 347. The van der Waals surface area contributed by atoms with Gasteiger partial charge in [0, 0.05) is 6.04 Å². The molecule has 0 aliphatic heterocycles. The molecule has 0 saturated heterocycles. The number of rotatable bonds is 2. The smallest absolute Gasteiger partial charge is 0.00511 e. The Labute approximate surface area is 100 Å². The first-order valence-electron chi connectivity index (χ1n) is 6.08. The fourth-order valence-corrected chi connectivity index (χ4v) is 2.07. The summed E-state index contributed by atoms with van der Waals surface area (Å²) >= 11 is 0. The summed E-state index contributed by atoms with van der Waals surface area (Å²) < 4.78 is 0. The Morgan fingerprint density at radius 2 is 1.56 bits per heavy atom. The summed E-state index contributed by atoms with van der Waals surface area (Å²) in [5, 5.41) is 0. The first-order valence-corrected chi connectivity index (χ1v) is 6.08. The molecule has 1 rings (SSSR count). The second kappa shape index (κ2) is 4.58. The SMILES string of the molecule is Cc1cc(C(C)(C)C)cc(C)c1CC(C)N. The molecule has 1 nitrogen and oxygen atoms in total. The maximum atomic E-state index is 5.89. The standard InChI is InChI=1S/C15H25N/c1-10-7-13(15(4,5)6)8-11(2)14(10)9-12(3)16/h7-8,12H,9,16H2,1-6H3. The molecule has 0 aliphatic rings. The Morgan fingerprint density at radius 3 is 1.88 bits per heavy atom. The molecular weight excluding hydrogens is 194 g/mol. The van der Waals surface area contributed by atoms with Gasteiger partial charge >= 0.3 is 0 Å². The van der Waals surface area contributed by atoms with Gasteiger partial charge in [-0.05, 0) is 54.9 Å². The van der Waals surface area contributed by atoms with Crippen LogP contribution in [0.15, 0.2) is 12.1 Å². The number of hydrogen-bond acceptors (Lipinski definition) is 1. The minimum atomic E-state index is 0.225. The lowest BCUT2D eigenvalue weighted by Gasteiger charge is -2.23. The Balaban J connectivity index is 3.18. The third kappa shape index (κ3) is 3.08. The zero-order valence-corrected chi connectivity index (χ0v) is 11.5. The van der Waals surface area contributed by atoms with Crippen molar-refractivity contribution in [2.45, 2.75) is 59.4 Å². The summed E-state index contributed by atoms with van der Waals surface area (Å²) in [6, 6.07) is 4.85. The van der Waals surface area contributed by atoms with Gasteiger partial charge in [0.05, 0.1) is 0 Å². The third-order valence-corrected chi connectivity index (χ3v) is 3.09. The van der Waals surface area contributed by atoms with Gasteiger partial charge in [0.25, 0.3) is 0 Å². The molecule has 1 aromatic rings. The lowest BCUT2D eigenvalue weighted by Crippen LogP contribution is -2.20. The van der Waals surface area contributed by atoms with Crippen LogP contribution in [0, 0.1) is 13.8 Å². The number of aryl methyl sites for hydroxylation is 2. The third-order valence-electron chi connectivity index (χ3n) is 3.09. The molecule has 0 heterocycles. The summed E-state index contributed by atoms with van der Waals surface area (Å²) in [5.74, 6) is 0. The molecule has 0 saturated carbocycles. The van der Waals surface area contributed by atoms with Gasteiger partial charge in [-0.25, -0.2) is 0 Å². The van der Waals surface area contributed by atoms with Crippen LogP contribution in [-0.2, 0) is 11.8 Å². The Morgan fingerprint density at radius 1 is 1.12 bits per heavy atom. The molecule has 0 spiro atoms. The molecule has 16 heavy (non-hydrogen) atoms. The number of benzene rings is 1. The highest BCUT2D eigenvalue weighted by atomic mass is 14.6. The van der Waals surface area contributed by atoms with E-state index in [-0.39, 0.29) is 11.5 Å². The Hall–Kier alpha value is -0.820. The first-order chi connectivity index (χ1) is 7.21. The maximum Gasteiger partial charge on any atom is 0.00511 e. The topological polar surface area (TPSA) is 26.0 Å². The van der Waals surface area contributed by atoms with Crippen molar-refractivity contribution >= 4 is 0 Å². The van der Waals surface area contributed by atoms with Gasteiger partial charge in [-0.3, -0.25) is 0 Å². The average Bonchev–Trinajstić information content (AvgIpc) is 2.09. The molecule has 2 N–H and O–H groups in total. The quantitative estimate of drug-likeness (QED) is 0.809. The normalized spacial score (nSPS) is 13.9. The zero-order valence-electron chi connectivity index (χ0n) is 11.5. The fraction of sp³-hybridized carbons (Fsp3) is 0.600. The van der Waals surface area contributed by atoms with E-state index in [1.807, 2.05) is 0 Å². The van der Waals surface area contributed by atoms with Gasteiger partial charge in [-0.2, -0.15) is 0 Å². The Kier molecular flexibility index (Phi) is 3.80. The molecule has 0 radical (unpaired) electrons. The van der Waals surface area contributed by atoms with E-state index in [0.29, 0.717) is 0 Å². The van der Waals surface area contributed by atoms with Crippen LogP contribution >= 0.6 is 0 Å². The molecule has 0 aliphatic carbocycles. The summed E-state index contributed by atoms with van der Waals surface area (Å²) in [6.07, 6.45) is 0.974. The second-order valence-corrected chi connectivity index (χ2v) is 6.02. The number of hydrogen-bond donors (Lipinski definition) is 1. The maximum absolute atomic E-state index is 5.89. The van der Waals surface area contributed by atoms with E-state index in [9.17, 15) is 0 Å². The molecule has 0 bridgehead atoms. The lowest BCUT2D eigenvalue weighted by molar-refractivity contribution is 0.588. The van der Waals surface area contributed by atoms with Crippen LogP contribution in [0.1, 0.15) is 49.9 Å². The highest BCUT2D eigenvalue weighted by Crippen LogP contribution is 2.27. The molecule has 1 aromatic carbocycles. The van der Waals surface area contributed by atoms with Crippen LogP contribution < -0.4 is 5.73 Å². The van der Waals surface area contributed by atoms with Gasteiger partial charge in [0.2, 0.25) is 0 Å². The van der Waals surface area contributed by atoms with E-state index in [2.05, 4.69) is 53.7 Å². The summed E-state index contributed by atoms with van der Waals surface area (Å²) in [4.78, 5) is 0. The van der Waals surface area contributed by atoms with Crippen molar-refractivity contribution in [3.05, 3.63) is 34.4 Å². The van der Waals surface area contributed by atoms with Crippen LogP contribution in [0.3, 0.4) is 0 Å². The van der Waals surface area contributed by atoms with Crippen LogP contribution in [-0.4, -0.2) is 6.04 Å². The molecule has 90 valence electrons. The van der Waals surface area contributed by atoms with Crippen LogP contribution in [0.25, 0.3) is 0 Å².